The highest BCUT2D eigenvalue weighted by molar-refractivity contribution is 4.93. The Morgan fingerprint density at radius 2 is 2.00 bits per heavy atom. The highest BCUT2D eigenvalue weighted by Crippen LogP contribution is 2.08. The SMILES string of the molecule is CC(C)c1c[nH+]n(C(C)C)n1. The molecule has 0 bridgehead atoms. The van der Waals surface area contributed by atoms with Gasteiger partial charge in [-0.15, -0.1) is 0 Å². The van der Waals surface area contributed by atoms with Crippen molar-refractivity contribution >= 4 is 0 Å². The molecule has 1 aromatic rings. The number of hydrogen-bond donors (Lipinski definition) is 0. The topological polar surface area (TPSA) is 32.0 Å². The van der Waals surface area contributed by atoms with Crippen LogP contribution in [0, 0.1) is 0 Å². The smallest absolute Gasteiger partial charge is 0.174 e. The van der Waals surface area contributed by atoms with Crippen molar-refractivity contribution in [3.05, 3.63) is 11.9 Å². The van der Waals surface area contributed by atoms with Gasteiger partial charge in [0.2, 0.25) is 5.69 Å². The normalized spacial score (nSPS) is 11.5. The molecule has 0 aliphatic heterocycles. The summed E-state index contributed by atoms with van der Waals surface area (Å²) in [7, 11) is 0. The van der Waals surface area contributed by atoms with Crippen molar-refractivity contribution in [2.75, 3.05) is 0 Å². The zero-order valence-corrected chi connectivity index (χ0v) is 7.63. The van der Waals surface area contributed by atoms with E-state index in [1.165, 1.54) is 0 Å². The molecule has 1 aromatic heterocycles. The molecule has 0 aromatic carbocycles. The lowest BCUT2D eigenvalue weighted by atomic mass is 10.2. The van der Waals surface area contributed by atoms with Crippen LogP contribution >= 0.6 is 0 Å². The predicted molar refractivity (Wildman–Crippen MR) is 43.3 cm³/mol. The van der Waals surface area contributed by atoms with Crippen LogP contribution in [0.3, 0.4) is 0 Å². The lowest BCUT2D eigenvalue weighted by Gasteiger charge is -1.93. The number of rotatable bonds is 2. The Morgan fingerprint density at radius 3 is 2.27 bits per heavy atom. The number of aromatic nitrogens is 3. The molecule has 1 N–H and O–H groups in total. The van der Waals surface area contributed by atoms with Gasteiger partial charge in [0.05, 0.1) is 0 Å². The summed E-state index contributed by atoms with van der Waals surface area (Å²) in [5.74, 6) is 0.506. The molecule has 0 radical (unpaired) electrons. The summed E-state index contributed by atoms with van der Waals surface area (Å²) in [5.41, 5.74) is 1.12. The van der Waals surface area contributed by atoms with Gasteiger partial charge in [-0.25, -0.2) is 0 Å². The standard InChI is InChI=1S/C8H15N3/c1-6(2)8-5-9-11(10-8)7(3)4/h5-7H,1-4H3/p+1. The molecule has 0 aliphatic rings. The molecule has 0 aliphatic carbocycles. The Morgan fingerprint density at radius 1 is 1.36 bits per heavy atom. The van der Waals surface area contributed by atoms with Gasteiger partial charge in [-0.1, -0.05) is 13.8 Å². The second-order valence-electron chi connectivity index (χ2n) is 3.39. The van der Waals surface area contributed by atoms with Crippen LogP contribution in [-0.4, -0.2) is 9.90 Å². The predicted octanol–water partition coefficient (Wildman–Crippen LogP) is 1.40. The van der Waals surface area contributed by atoms with Crippen molar-refractivity contribution in [1.29, 1.82) is 0 Å². The molecule has 62 valence electrons. The third-order valence-corrected chi connectivity index (χ3v) is 1.65. The van der Waals surface area contributed by atoms with Gasteiger partial charge in [-0.3, -0.25) is 0 Å². The number of nitrogens with zero attached hydrogens (tertiary/aromatic N) is 2. The fourth-order valence-electron chi connectivity index (χ4n) is 0.861. The van der Waals surface area contributed by atoms with Crippen LogP contribution < -0.4 is 5.10 Å². The molecule has 0 amide bonds. The lowest BCUT2D eigenvalue weighted by molar-refractivity contribution is -0.501. The van der Waals surface area contributed by atoms with Crippen molar-refractivity contribution in [2.24, 2.45) is 0 Å². The van der Waals surface area contributed by atoms with Crippen LogP contribution in [0.15, 0.2) is 6.20 Å². The van der Waals surface area contributed by atoms with Crippen molar-refractivity contribution in [2.45, 2.75) is 39.7 Å². The minimum Gasteiger partial charge on any atom is -0.174 e. The maximum absolute atomic E-state index is 4.37. The van der Waals surface area contributed by atoms with E-state index in [1.54, 1.807) is 0 Å². The van der Waals surface area contributed by atoms with Gasteiger partial charge in [-0.2, -0.15) is 5.10 Å². The Bertz CT molecular complexity index is 202. The summed E-state index contributed by atoms with van der Waals surface area (Å²) < 4.78 is 0. The minimum atomic E-state index is 0.419. The number of hydrogen-bond acceptors (Lipinski definition) is 1. The van der Waals surface area contributed by atoms with Crippen LogP contribution in [0.4, 0.5) is 0 Å². The quantitative estimate of drug-likeness (QED) is 0.633. The molecule has 1 heterocycles. The Hall–Kier alpha value is -0.860. The molecule has 0 unspecified atom stereocenters. The first-order valence-corrected chi connectivity index (χ1v) is 4.08. The van der Waals surface area contributed by atoms with E-state index in [0.717, 1.165) is 5.69 Å². The molecular formula is C8H16N3+. The fraction of sp³-hybridized carbons (Fsp3) is 0.750. The highest BCUT2D eigenvalue weighted by Gasteiger charge is 2.14. The third-order valence-electron chi connectivity index (χ3n) is 1.65. The minimum absolute atomic E-state index is 0.419. The Labute approximate surface area is 67.4 Å². The molecule has 0 spiro atoms. The van der Waals surface area contributed by atoms with Crippen LogP contribution in [0.5, 0.6) is 0 Å². The van der Waals surface area contributed by atoms with E-state index in [9.17, 15) is 0 Å². The largest absolute Gasteiger partial charge is 0.220 e. The van der Waals surface area contributed by atoms with Gasteiger partial charge in [0.1, 0.15) is 6.04 Å². The average molecular weight is 154 g/mol. The van der Waals surface area contributed by atoms with Crippen LogP contribution in [0.2, 0.25) is 0 Å². The molecule has 0 saturated carbocycles. The second kappa shape index (κ2) is 3.03. The Balaban J connectivity index is 2.82. The average Bonchev–Trinajstić information content (AvgIpc) is 2.33. The number of H-pyrrole nitrogens is 1. The highest BCUT2D eigenvalue weighted by atomic mass is 15.5. The zero-order chi connectivity index (χ0) is 8.43. The summed E-state index contributed by atoms with van der Waals surface area (Å²) in [5, 5.41) is 7.46. The maximum Gasteiger partial charge on any atom is 0.220 e. The van der Waals surface area contributed by atoms with Gasteiger partial charge >= 0.3 is 0 Å². The first-order valence-electron chi connectivity index (χ1n) is 4.08. The van der Waals surface area contributed by atoms with Gasteiger partial charge in [0.15, 0.2) is 6.20 Å². The number of aromatic amines is 1. The molecule has 3 nitrogen and oxygen atoms in total. The molecular weight excluding hydrogens is 138 g/mol. The van der Waals surface area contributed by atoms with Gasteiger partial charge in [0, 0.05) is 11.0 Å². The summed E-state index contributed by atoms with van der Waals surface area (Å²) in [6.45, 7) is 8.49. The van der Waals surface area contributed by atoms with E-state index >= 15 is 0 Å². The third kappa shape index (κ3) is 1.79. The Kier molecular flexibility index (Phi) is 2.27. The van der Waals surface area contributed by atoms with Gasteiger partial charge < -0.3 is 0 Å². The van der Waals surface area contributed by atoms with E-state index in [-0.39, 0.29) is 0 Å². The first kappa shape index (κ1) is 8.24. The first-order chi connectivity index (χ1) is 5.11. The van der Waals surface area contributed by atoms with Gasteiger partial charge in [0.25, 0.3) is 0 Å². The zero-order valence-electron chi connectivity index (χ0n) is 7.63. The molecule has 11 heavy (non-hydrogen) atoms. The summed E-state index contributed by atoms with van der Waals surface area (Å²) in [6.07, 6.45) is 1.96. The molecule has 0 saturated heterocycles. The van der Waals surface area contributed by atoms with Crippen molar-refractivity contribution in [1.82, 2.24) is 9.90 Å². The second-order valence-corrected chi connectivity index (χ2v) is 3.39. The summed E-state index contributed by atoms with van der Waals surface area (Å²) in [6, 6.07) is 0.419. The van der Waals surface area contributed by atoms with E-state index < -0.39 is 0 Å². The van der Waals surface area contributed by atoms with Crippen molar-refractivity contribution < 1.29 is 5.10 Å². The van der Waals surface area contributed by atoms with Crippen LogP contribution in [0.1, 0.15) is 45.3 Å². The van der Waals surface area contributed by atoms with Gasteiger partial charge in [-0.05, 0) is 18.6 Å². The molecule has 1 rings (SSSR count). The summed E-state index contributed by atoms with van der Waals surface area (Å²) in [4.78, 5) is 1.87. The van der Waals surface area contributed by atoms with E-state index in [4.69, 9.17) is 0 Å². The lowest BCUT2D eigenvalue weighted by Crippen LogP contribution is -2.20. The summed E-state index contributed by atoms with van der Waals surface area (Å²) >= 11 is 0. The van der Waals surface area contributed by atoms with E-state index in [1.807, 2.05) is 11.0 Å². The van der Waals surface area contributed by atoms with Crippen molar-refractivity contribution in [3.8, 4) is 0 Å². The molecule has 0 atom stereocenters. The van der Waals surface area contributed by atoms with Crippen molar-refractivity contribution in [3.63, 3.8) is 0 Å². The number of nitrogens with one attached hydrogen (secondary N) is 1. The van der Waals surface area contributed by atoms with Crippen LogP contribution in [-0.2, 0) is 0 Å². The van der Waals surface area contributed by atoms with E-state index in [2.05, 4.69) is 37.9 Å². The van der Waals surface area contributed by atoms with E-state index in [0.29, 0.717) is 12.0 Å². The molecule has 0 fully saturated rings. The molecule has 3 heteroatoms. The fourth-order valence-corrected chi connectivity index (χ4v) is 0.861. The maximum atomic E-state index is 4.37. The van der Waals surface area contributed by atoms with Crippen LogP contribution in [0.25, 0.3) is 0 Å². The monoisotopic (exact) mass is 154 g/mol.